The van der Waals surface area contributed by atoms with Crippen LogP contribution in [0.15, 0.2) is 12.1 Å². The summed E-state index contributed by atoms with van der Waals surface area (Å²) in [5, 5.41) is 0. The Balaban J connectivity index is 1.98. The number of benzene rings is 1. The van der Waals surface area contributed by atoms with Crippen LogP contribution in [0.4, 0.5) is 5.69 Å². The lowest BCUT2D eigenvalue weighted by molar-refractivity contribution is -0.137. The molecule has 2 N–H and O–H groups in total. The van der Waals surface area contributed by atoms with E-state index in [1.165, 1.54) is 0 Å². The van der Waals surface area contributed by atoms with Crippen LogP contribution >= 0.6 is 0 Å². The average molecular weight is 332 g/mol. The van der Waals surface area contributed by atoms with E-state index in [0.29, 0.717) is 42.0 Å². The van der Waals surface area contributed by atoms with Crippen molar-refractivity contribution in [3.63, 3.8) is 0 Å². The number of nitrogen functional groups attached to an aromatic ring is 1. The maximum Gasteiger partial charge on any atom is 0.184 e. The van der Waals surface area contributed by atoms with Gasteiger partial charge in [0.05, 0.1) is 19.4 Å². The van der Waals surface area contributed by atoms with Gasteiger partial charge < -0.3 is 15.2 Å². The number of anilines is 1. The van der Waals surface area contributed by atoms with E-state index in [-0.39, 0.29) is 12.0 Å². The Morgan fingerprint density at radius 1 is 1.29 bits per heavy atom. The summed E-state index contributed by atoms with van der Waals surface area (Å²) in [4.78, 5) is 14.9. The standard InChI is InChI=1S/C19H28N2O3/c1-4-8-24-19-15(20)9-12(10-17(19)23-3)18-14-7-6-13(11-16(14)22)21(18)5-2/h9-10,13-14,18H,4-8,11,20H2,1-3H3. The van der Waals surface area contributed by atoms with Gasteiger partial charge in [-0.3, -0.25) is 9.69 Å². The Morgan fingerprint density at radius 3 is 2.71 bits per heavy atom. The molecule has 0 spiro atoms. The second kappa shape index (κ2) is 7.01. The molecule has 0 aromatic heterocycles. The predicted octanol–water partition coefficient (Wildman–Crippen LogP) is 3.18. The number of hydrogen-bond acceptors (Lipinski definition) is 5. The average Bonchev–Trinajstić information content (AvgIpc) is 2.59. The molecule has 1 saturated carbocycles. The highest BCUT2D eigenvalue weighted by atomic mass is 16.5. The topological polar surface area (TPSA) is 64.8 Å². The number of piperidine rings is 2. The Morgan fingerprint density at radius 2 is 2.08 bits per heavy atom. The molecule has 132 valence electrons. The van der Waals surface area contributed by atoms with E-state index in [1.807, 2.05) is 12.1 Å². The van der Waals surface area contributed by atoms with Crippen molar-refractivity contribution in [2.45, 2.75) is 51.6 Å². The maximum absolute atomic E-state index is 12.4. The molecule has 2 saturated heterocycles. The number of hydrogen-bond donors (Lipinski definition) is 1. The van der Waals surface area contributed by atoms with Crippen LogP contribution in [-0.4, -0.2) is 37.0 Å². The lowest BCUT2D eigenvalue weighted by Gasteiger charge is -2.50. The van der Waals surface area contributed by atoms with Gasteiger partial charge in [0.15, 0.2) is 11.5 Å². The summed E-state index contributed by atoms with van der Waals surface area (Å²) >= 11 is 0. The predicted molar refractivity (Wildman–Crippen MR) is 94.4 cm³/mol. The van der Waals surface area contributed by atoms with Gasteiger partial charge in [-0.1, -0.05) is 13.8 Å². The third-order valence-electron chi connectivity index (χ3n) is 5.35. The van der Waals surface area contributed by atoms with E-state index in [1.54, 1.807) is 7.11 Å². The van der Waals surface area contributed by atoms with Gasteiger partial charge in [-0.25, -0.2) is 0 Å². The summed E-state index contributed by atoms with van der Waals surface area (Å²) in [5.74, 6) is 1.73. The van der Waals surface area contributed by atoms with Crippen molar-refractivity contribution in [1.82, 2.24) is 4.90 Å². The molecule has 4 rings (SSSR count). The van der Waals surface area contributed by atoms with Crippen molar-refractivity contribution in [1.29, 1.82) is 0 Å². The van der Waals surface area contributed by atoms with Gasteiger partial charge >= 0.3 is 0 Å². The first-order valence-electron chi connectivity index (χ1n) is 8.99. The Bertz CT molecular complexity index is 617. The maximum atomic E-state index is 12.4. The molecule has 3 unspecified atom stereocenters. The molecule has 3 fully saturated rings. The summed E-state index contributed by atoms with van der Waals surface area (Å²) < 4.78 is 11.3. The van der Waals surface area contributed by atoms with E-state index in [4.69, 9.17) is 15.2 Å². The Hall–Kier alpha value is -1.75. The lowest BCUT2D eigenvalue weighted by atomic mass is 9.71. The quantitative estimate of drug-likeness (QED) is 0.811. The van der Waals surface area contributed by atoms with Crippen LogP contribution in [-0.2, 0) is 4.79 Å². The summed E-state index contributed by atoms with van der Waals surface area (Å²) in [6.07, 6.45) is 3.69. The Labute approximate surface area is 144 Å². The highest BCUT2D eigenvalue weighted by molar-refractivity contribution is 5.84. The summed E-state index contributed by atoms with van der Waals surface area (Å²) in [7, 11) is 1.63. The number of nitrogens with two attached hydrogens (primary N) is 1. The molecular formula is C19H28N2O3. The fourth-order valence-corrected chi connectivity index (χ4v) is 4.30. The minimum absolute atomic E-state index is 0.0708. The third kappa shape index (κ3) is 2.86. The van der Waals surface area contributed by atoms with Crippen LogP contribution in [0.5, 0.6) is 11.5 Å². The molecule has 5 heteroatoms. The van der Waals surface area contributed by atoms with Gasteiger partial charge in [-0.2, -0.15) is 0 Å². The summed E-state index contributed by atoms with van der Waals surface area (Å²) in [6.45, 7) is 5.76. The molecule has 24 heavy (non-hydrogen) atoms. The van der Waals surface area contributed by atoms with E-state index >= 15 is 0 Å². The van der Waals surface area contributed by atoms with Gasteiger partial charge in [0, 0.05) is 24.4 Å². The Kier molecular flexibility index (Phi) is 4.99. The SMILES string of the molecule is CCCOc1c(N)cc(C2C3CCC(CC3=O)N2CC)cc1OC. The molecule has 3 atom stereocenters. The van der Waals surface area contributed by atoms with Crippen LogP contribution < -0.4 is 15.2 Å². The molecule has 1 aliphatic carbocycles. The normalized spacial score (nSPS) is 26.6. The summed E-state index contributed by atoms with van der Waals surface area (Å²) in [6, 6.07) is 4.43. The monoisotopic (exact) mass is 332 g/mol. The van der Waals surface area contributed by atoms with Crippen molar-refractivity contribution < 1.29 is 14.3 Å². The summed E-state index contributed by atoms with van der Waals surface area (Å²) in [5.41, 5.74) is 7.91. The van der Waals surface area contributed by atoms with Crippen molar-refractivity contribution in [2.24, 2.45) is 5.92 Å². The van der Waals surface area contributed by atoms with Crippen LogP contribution in [0.1, 0.15) is 51.1 Å². The van der Waals surface area contributed by atoms with Crippen LogP contribution in [0.25, 0.3) is 0 Å². The molecule has 0 radical (unpaired) electrons. The van der Waals surface area contributed by atoms with Crippen molar-refractivity contribution in [2.75, 3.05) is 26.0 Å². The highest BCUT2D eigenvalue weighted by Gasteiger charge is 2.46. The van der Waals surface area contributed by atoms with Gasteiger partial charge in [0.2, 0.25) is 0 Å². The van der Waals surface area contributed by atoms with Crippen molar-refractivity contribution >= 4 is 11.5 Å². The van der Waals surface area contributed by atoms with Gasteiger partial charge in [0.25, 0.3) is 0 Å². The number of carbonyl (C=O) groups excluding carboxylic acids is 1. The number of nitrogens with zero attached hydrogens (tertiary/aromatic N) is 1. The second-order valence-electron chi connectivity index (χ2n) is 6.77. The first-order chi connectivity index (χ1) is 11.6. The molecule has 2 heterocycles. The molecule has 5 nitrogen and oxygen atoms in total. The zero-order chi connectivity index (χ0) is 17.3. The molecule has 3 aliphatic rings. The molecule has 0 amide bonds. The number of carbonyl (C=O) groups is 1. The number of Topliss-reactive ketones (excluding diaryl/α,β-unsaturated/α-hetero) is 1. The molecule has 2 aliphatic heterocycles. The van der Waals surface area contributed by atoms with Crippen molar-refractivity contribution in [3.05, 3.63) is 17.7 Å². The van der Waals surface area contributed by atoms with Crippen LogP contribution in [0.2, 0.25) is 0 Å². The minimum atomic E-state index is 0.0708. The number of rotatable bonds is 6. The van der Waals surface area contributed by atoms with E-state index < -0.39 is 0 Å². The van der Waals surface area contributed by atoms with Gasteiger partial charge in [-0.05, 0) is 43.5 Å². The van der Waals surface area contributed by atoms with Crippen LogP contribution in [0, 0.1) is 5.92 Å². The fraction of sp³-hybridized carbons (Fsp3) is 0.632. The van der Waals surface area contributed by atoms with E-state index in [9.17, 15) is 4.79 Å². The minimum Gasteiger partial charge on any atom is -0.493 e. The third-order valence-corrected chi connectivity index (χ3v) is 5.35. The number of ketones is 1. The largest absolute Gasteiger partial charge is 0.493 e. The highest BCUT2D eigenvalue weighted by Crippen LogP contribution is 2.48. The molecule has 2 bridgehead atoms. The lowest BCUT2D eigenvalue weighted by Crippen LogP contribution is -2.54. The van der Waals surface area contributed by atoms with Gasteiger partial charge in [0.1, 0.15) is 5.78 Å². The number of ether oxygens (including phenoxy) is 2. The molecule has 1 aromatic carbocycles. The van der Waals surface area contributed by atoms with Crippen LogP contribution in [0.3, 0.4) is 0 Å². The smallest absolute Gasteiger partial charge is 0.184 e. The second-order valence-corrected chi connectivity index (χ2v) is 6.77. The fourth-order valence-electron chi connectivity index (χ4n) is 4.30. The van der Waals surface area contributed by atoms with E-state index in [2.05, 4.69) is 18.7 Å². The number of methoxy groups -OCH3 is 1. The van der Waals surface area contributed by atoms with Crippen molar-refractivity contribution in [3.8, 4) is 11.5 Å². The van der Waals surface area contributed by atoms with Gasteiger partial charge in [-0.15, -0.1) is 0 Å². The zero-order valence-corrected chi connectivity index (χ0v) is 14.9. The zero-order valence-electron chi connectivity index (χ0n) is 14.9. The molecule has 1 aromatic rings. The van der Waals surface area contributed by atoms with E-state index in [0.717, 1.165) is 31.4 Å². The first kappa shape index (κ1) is 17.1. The molecular weight excluding hydrogens is 304 g/mol. The first-order valence-corrected chi connectivity index (χ1v) is 8.99. The number of fused-ring (bicyclic) bond motifs is 3.